The third-order valence-electron chi connectivity index (χ3n) is 4.09. The van der Waals surface area contributed by atoms with Gasteiger partial charge in [0.15, 0.2) is 6.61 Å². The van der Waals surface area contributed by atoms with Crippen molar-refractivity contribution in [2.75, 3.05) is 6.61 Å². The average Bonchev–Trinajstić information content (AvgIpc) is 2.78. The quantitative estimate of drug-likeness (QED) is 0.350. The number of rotatable bonds is 9. The van der Waals surface area contributed by atoms with Gasteiger partial charge in [0.05, 0.1) is 11.8 Å². The van der Waals surface area contributed by atoms with Crippen LogP contribution in [0.3, 0.4) is 0 Å². The van der Waals surface area contributed by atoms with Crippen molar-refractivity contribution in [2.45, 2.75) is 6.61 Å². The molecule has 0 aliphatic heterocycles. The van der Waals surface area contributed by atoms with Crippen molar-refractivity contribution in [3.8, 4) is 11.5 Å². The number of halogens is 1. The summed E-state index contributed by atoms with van der Waals surface area (Å²) in [4.78, 5) is 22.8. The summed E-state index contributed by atoms with van der Waals surface area (Å²) in [6.07, 6.45) is 1.49. The lowest BCUT2D eigenvalue weighted by Gasteiger charge is -2.09. The largest absolute Gasteiger partial charge is 0.488 e. The van der Waals surface area contributed by atoms with Crippen LogP contribution in [0, 0.1) is 0 Å². The van der Waals surface area contributed by atoms with E-state index in [0.29, 0.717) is 17.1 Å². The SMILES string of the molecule is O=C(COc1ccc(Br)cc1)N/N=C/c1ccccc1OCc1ccc(C(=O)O)cc1. The number of carbonyl (C=O) groups excluding carboxylic acids is 1. The second-order valence-electron chi connectivity index (χ2n) is 6.36. The van der Waals surface area contributed by atoms with Gasteiger partial charge in [0.2, 0.25) is 0 Å². The smallest absolute Gasteiger partial charge is 0.335 e. The standard InChI is InChI=1S/C23H19BrN2O5/c24-19-9-11-20(12-10-19)30-15-22(27)26-25-13-18-3-1-2-4-21(18)31-14-16-5-7-17(8-6-16)23(28)29/h1-13H,14-15H2,(H,26,27)(H,28,29)/b25-13+. The van der Waals surface area contributed by atoms with Crippen LogP contribution < -0.4 is 14.9 Å². The number of hydrogen-bond donors (Lipinski definition) is 2. The van der Waals surface area contributed by atoms with E-state index in [-0.39, 0.29) is 18.8 Å². The number of carboxylic acid groups (broad SMARTS) is 1. The van der Waals surface area contributed by atoms with Crippen molar-refractivity contribution >= 4 is 34.0 Å². The van der Waals surface area contributed by atoms with E-state index in [1.807, 2.05) is 24.3 Å². The zero-order chi connectivity index (χ0) is 22.1. The van der Waals surface area contributed by atoms with Gasteiger partial charge in [-0.15, -0.1) is 0 Å². The number of benzene rings is 3. The van der Waals surface area contributed by atoms with Crippen LogP contribution >= 0.6 is 15.9 Å². The molecule has 0 heterocycles. The van der Waals surface area contributed by atoms with Crippen LogP contribution in [-0.2, 0) is 11.4 Å². The Kier molecular flexibility index (Phi) is 7.78. The zero-order valence-electron chi connectivity index (χ0n) is 16.3. The van der Waals surface area contributed by atoms with E-state index < -0.39 is 11.9 Å². The minimum atomic E-state index is -0.974. The van der Waals surface area contributed by atoms with E-state index in [4.69, 9.17) is 14.6 Å². The van der Waals surface area contributed by atoms with Crippen LogP contribution in [0.5, 0.6) is 11.5 Å². The Bertz CT molecular complexity index is 1070. The first-order valence-electron chi connectivity index (χ1n) is 9.25. The van der Waals surface area contributed by atoms with Gasteiger partial charge in [-0.05, 0) is 54.1 Å². The number of hydrazone groups is 1. The van der Waals surface area contributed by atoms with Gasteiger partial charge in [-0.2, -0.15) is 5.10 Å². The van der Waals surface area contributed by atoms with E-state index >= 15 is 0 Å². The minimum absolute atomic E-state index is 0.163. The molecule has 3 aromatic rings. The van der Waals surface area contributed by atoms with Crippen molar-refractivity contribution in [3.05, 3.63) is 94.0 Å². The molecule has 0 saturated carbocycles. The Labute approximate surface area is 187 Å². The fourth-order valence-electron chi connectivity index (χ4n) is 2.51. The van der Waals surface area contributed by atoms with Crippen LogP contribution in [0.15, 0.2) is 82.4 Å². The molecule has 1 amide bonds. The van der Waals surface area contributed by atoms with Gasteiger partial charge in [-0.25, -0.2) is 10.2 Å². The topological polar surface area (TPSA) is 97.2 Å². The minimum Gasteiger partial charge on any atom is -0.488 e. The summed E-state index contributed by atoms with van der Waals surface area (Å²) in [5.74, 6) is -0.208. The normalized spacial score (nSPS) is 10.6. The molecule has 0 aromatic heterocycles. The molecule has 0 unspecified atom stereocenters. The molecule has 0 aliphatic rings. The summed E-state index contributed by atoms with van der Waals surface area (Å²) in [5, 5.41) is 12.9. The highest BCUT2D eigenvalue weighted by atomic mass is 79.9. The molecule has 0 radical (unpaired) electrons. The number of hydrogen-bond acceptors (Lipinski definition) is 5. The van der Waals surface area contributed by atoms with E-state index in [0.717, 1.165) is 10.0 Å². The fourth-order valence-corrected chi connectivity index (χ4v) is 2.77. The maximum atomic E-state index is 11.9. The highest BCUT2D eigenvalue weighted by molar-refractivity contribution is 9.10. The molecule has 2 N–H and O–H groups in total. The summed E-state index contributed by atoms with van der Waals surface area (Å²) in [6, 6.07) is 20.8. The van der Waals surface area contributed by atoms with Crippen molar-refractivity contribution in [1.29, 1.82) is 0 Å². The lowest BCUT2D eigenvalue weighted by atomic mass is 10.1. The molecular formula is C23H19BrN2O5. The van der Waals surface area contributed by atoms with Crippen molar-refractivity contribution < 1.29 is 24.2 Å². The van der Waals surface area contributed by atoms with Crippen molar-refractivity contribution in [2.24, 2.45) is 5.10 Å². The van der Waals surface area contributed by atoms with E-state index in [9.17, 15) is 9.59 Å². The Balaban J connectivity index is 1.52. The number of ether oxygens (including phenoxy) is 2. The number of nitrogens with zero attached hydrogens (tertiary/aromatic N) is 1. The number of para-hydroxylation sites is 1. The number of carbonyl (C=O) groups is 2. The average molecular weight is 483 g/mol. The summed E-state index contributed by atoms with van der Waals surface area (Å²) >= 11 is 3.33. The van der Waals surface area contributed by atoms with Gasteiger partial charge < -0.3 is 14.6 Å². The second kappa shape index (κ2) is 10.9. The molecular weight excluding hydrogens is 464 g/mol. The molecule has 3 aromatic carbocycles. The maximum absolute atomic E-state index is 11.9. The van der Waals surface area contributed by atoms with Crippen LogP contribution in [-0.4, -0.2) is 29.8 Å². The zero-order valence-corrected chi connectivity index (χ0v) is 17.9. The van der Waals surface area contributed by atoms with Crippen molar-refractivity contribution in [3.63, 3.8) is 0 Å². The van der Waals surface area contributed by atoms with Gasteiger partial charge in [-0.1, -0.05) is 40.2 Å². The van der Waals surface area contributed by atoms with Crippen LogP contribution in [0.4, 0.5) is 0 Å². The van der Waals surface area contributed by atoms with E-state index in [2.05, 4.69) is 26.5 Å². The first-order chi connectivity index (χ1) is 15.0. The van der Waals surface area contributed by atoms with Gasteiger partial charge >= 0.3 is 5.97 Å². The first-order valence-corrected chi connectivity index (χ1v) is 10.0. The predicted octanol–water partition coefficient (Wildman–Crippen LogP) is 4.26. The molecule has 0 saturated heterocycles. The van der Waals surface area contributed by atoms with E-state index in [1.54, 1.807) is 36.4 Å². The van der Waals surface area contributed by atoms with Crippen LogP contribution in [0.2, 0.25) is 0 Å². The molecule has 8 heteroatoms. The Morgan fingerprint density at radius 2 is 1.68 bits per heavy atom. The molecule has 0 spiro atoms. The van der Waals surface area contributed by atoms with Crippen LogP contribution in [0.25, 0.3) is 0 Å². The summed E-state index contributed by atoms with van der Waals surface area (Å²) < 4.78 is 12.1. The molecule has 3 rings (SSSR count). The molecule has 0 bridgehead atoms. The number of nitrogens with one attached hydrogen (secondary N) is 1. The third kappa shape index (κ3) is 6.97. The highest BCUT2D eigenvalue weighted by Crippen LogP contribution is 2.18. The van der Waals surface area contributed by atoms with Gasteiger partial charge in [0.25, 0.3) is 5.91 Å². The first kappa shape index (κ1) is 22.0. The number of amides is 1. The van der Waals surface area contributed by atoms with Gasteiger partial charge in [0, 0.05) is 10.0 Å². The van der Waals surface area contributed by atoms with Gasteiger partial charge in [0.1, 0.15) is 18.1 Å². The molecule has 158 valence electrons. The monoisotopic (exact) mass is 482 g/mol. The molecule has 0 aliphatic carbocycles. The fraction of sp³-hybridized carbons (Fsp3) is 0.0870. The second-order valence-corrected chi connectivity index (χ2v) is 7.28. The summed E-state index contributed by atoms with van der Waals surface area (Å²) in [5.41, 5.74) is 4.14. The predicted molar refractivity (Wildman–Crippen MR) is 120 cm³/mol. The Morgan fingerprint density at radius 3 is 2.39 bits per heavy atom. The lowest BCUT2D eigenvalue weighted by molar-refractivity contribution is -0.123. The molecule has 7 nitrogen and oxygen atoms in total. The van der Waals surface area contributed by atoms with Crippen molar-refractivity contribution in [1.82, 2.24) is 5.43 Å². The lowest BCUT2D eigenvalue weighted by Crippen LogP contribution is -2.24. The molecule has 31 heavy (non-hydrogen) atoms. The number of carboxylic acids is 1. The highest BCUT2D eigenvalue weighted by Gasteiger charge is 2.05. The summed E-state index contributed by atoms with van der Waals surface area (Å²) in [6.45, 7) is 0.0988. The number of aromatic carboxylic acids is 1. The third-order valence-corrected chi connectivity index (χ3v) is 4.62. The van der Waals surface area contributed by atoms with Crippen LogP contribution in [0.1, 0.15) is 21.5 Å². The van der Waals surface area contributed by atoms with E-state index in [1.165, 1.54) is 18.3 Å². The van der Waals surface area contributed by atoms with Gasteiger partial charge in [-0.3, -0.25) is 4.79 Å². The summed E-state index contributed by atoms with van der Waals surface area (Å²) in [7, 11) is 0. The Hall–Kier alpha value is -3.65. The molecule has 0 fully saturated rings. The molecule has 0 atom stereocenters. The Morgan fingerprint density at radius 1 is 0.968 bits per heavy atom. The maximum Gasteiger partial charge on any atom is 0.335 e.